The van der Waals surface area contributed by atoms with E-state index in [-0.39, 0.29) is 12.1 Å². The molecular formula is C28H26N6O4. The van der Waals surface area contributed by atoms with Crippen LogP contribution in [0.4, 0.5) is 0 Å². The average molecular weight is 511 g/mol. The van der Waals surface area contributed by atoms with Crippen LogP contribution in [0.5, 0.6) is 5.75 Å². The van der Waals surface area contributed by atoms with Gasteiger partial charge in [0.25, 0.3) is 11.8 Å². The summed E-state index contributed by atoms with van der Waals surface area (Å²) in [4.78, 5) is 35.6. The predicted octanol–water partition coefficient (Wildman–Crippen LogP) is 1.69. The summed E-state index contributed by atoms with van der Waals surface area (Å²) >= 11 is 0. The van der Waals surface area contributed by atoms with Crippen LogP contribution in [-0.2, 0) is 17.9 Å². The van der Waals surface area contributed by atoms with Crippen LogP contribution in [0.1, 0.15) is 34.0 Å². The summed E-state index contributed by atoms with van der Waals surface area (Å²) in [6, 6.07) is 13.2. The molecule has 0 saturated carbocycles. The second-order valence-corrected chi connectivity index (χ2v) is 9.63. The Hall–Kier alpha value is -4.62. The second kappa shape index (κ2) is 8.75. The Morgan fingerprint density at radius 2 is 2.03 bits per heavy atom. The van der Waals surface area contributed by atoms with E-state index in [1.165, 1.54) is 4.90 Å². The lowest BCUT2D eigenvalue weighted by Crippen LogP contribution is -2.37. The molecule has 1 atom stereocenters. The first-order chi connectivity index (χ1) is 18.2. The molecule has 2 aromatic heterocycles. The van der Waals surface area contributed by atoms with Crippen LogP contribution in [0.15, 0.2) is 42.5 Å². The number of rotatable bonds is 3. The summed E-state index contributed by atoms with van der Waals surface area (Å²) in [6.45, 7) is 3.57. The Morgan fingerprint density at radius 1 is 1.21 bits per heavy atom. The van der Waals surface area contributed by atoms with Crippen LogP contribution in [0.2, 0.25) is 0 Å². The van der Waals surface area contributed by atoms with E-state index in [4.69, 9.17) is 10.5 Å². The van der Waals surface area contributed by atoms with Crippen LogP contribution < -0.4 is 10.5 Å². The normalized spacial score (nSPS) is 18.4. The molecular weight excluding hydrogens is 484 g/mol. The van der Waals surface area contributed by atoms with Crippen LogP contribution in [-0.4, -0.2) is 66.7 Å². The molecule has 1 saturated heterocycles. The minimum atomic E-state index is -1.70. The number of primary amides is 1. The standard InChI is InChI=1S/C28H26N6O4/c1-17-30-20-5-3-4-6-21(20)34(17)16-22-24(25(29)35)31-26-19-15-18(7-8-23(19)38-14-13-33(22)26)9-10-28(37)11-12-32(2)27(28)36/h3-8,15,37H,11-14,16H2,1-2H3,(H2,29,35)/t28-/m0/s1. The number of nitrogens with two attached hydrogens (primary N) is 1. The van der Waals surface area contributed by atoms with Crippen LogP contribution >= 0.6 is 0 Å². The van der Waals surface area contributed by atoms with Crippen molar-refractivity contribution in [2.24, 2.45) is 5.73 Å². The van der Waals surface area contributed by atoms with Gasteiger partial charge >= 0.3 is 0 Å². The van der Waals surface area contributed by atoms with Gasteiger partial charge in [-0.2, -0.15) is 0 Å². The van der Waals surface area contributed by atoms with Crippen LogP contribution in [0.3, 0.4) is 0 Å². The molecule has 6 rings (SSSR count). The van der Waals surface area contributed by atoms with E-state index >= 15 is 0 Å². The van der Waals surface area contributed by atoms with E-state index in [2.05, 4.69) is 21.8 Å². The van der Waals surface area contributed by atoms with Crippen molar-refractivity contribution in [1.82, 2.24) is 24.0 Å². The van der Waals surface area contributed by atoms with E-state index in [1.54, 1.807) is 25.2 Å². The highest BCUT2D eigenvalue weighted by Gasteiger charge is 2.42. The number of likely N-dealkylation sites (N-methyl/N-ethyl adjacent to an activating group) is 1. The van der Waals surface area contributed by atoms with Gasteiger partial charge in [-0.05, 0) is 37.3 Å². The fraction of sp³-hybridized carbons (Fsp3) is 0.286. The summed E-state index contributed by atoms with van der Waals surface area (Å²) in [5, 5.41) is 10.7. The van der Waals surface area contributed by atoms with Crippen molar-refractivity contribution in [3.05, 3.63) is 65.2 Å². The molecule has 4 aromatic rings. The highest BCUT2D eigenvalue weighted by molar-refractivity contribution is 5.93. The number of aliphatic hydroxyl groups is 1. The number of nitrogens with zero attached hydrogens (tertiary/aromatic N) is 5. The van der Waals surface area contributed by atoms with Crippen LogP contribution in [0.25, 0.3) is 22.4 Å². The number of likely N-dealkylation sites (tertiary alicyclic amines) is 1. The van der Waals surface area contributed by atoms with Crippen molar-refractivity contribution >= 4 is 22.8 Å². The second-order valence-electron chi connectivity index (χ2n) is 9.63. The fourth-order valence-corrected chi connectivity index (χ4v) is 5.14. The molecule has 2 aromatic carbocycles. The van der Waals surface area contributed by atoms with Crippen molar-refractivity contribution < 1.29 is 19.4 Å². The molecule has 2 amide bonds. The highest BCUT2D eigenvalue weighted by atomic mass is 16.5. The smallest absolute Gasteiger partial charge is 0.269 e. The van der Waals surface area contributed by atoms with Gasteiger partial charge in [-0.15, -0.1) is 0 Å². The zero-order chi connectivity index (χ0) is 26.6. The first-order valence-electron chi connectivity index (χ1n) is 12.3. The molecule has 0 radical (unpaired) electrons. The fourth-order valence-electron chi connectivity index (χ4n) is 5.14. The number of fused-ring (bicyclic) bond motifs is 4. The predicted molar refractivity (Wildman–Crippen MR) is 139 cm³/mol. The van der Waals surface area contributed by atoms with Crippen molar-refractivity contribution in [2.45, 2.75) is 32.0 Å². The lowest BCUT2D eigenvalue weighted by Gasteiger charge is -2.13. The maximum Gasteiger partial charge on any atom is 0.269 e. The number of hydrogen-bond acceptors (Lipinski definition) is 6. The molecule has 0 bridgehead atoms. The topological polar surface area (TPSA) is 129 Å². The molecule has 0 spiro atoms. The minimum absolute atomic E-state index is 0.190. The van der Waals surface area contributed by atoms with Crippen LogP contribution in [0, 0.1) is 18.8 Å². The number of carbonyl (C=O) groups excluding carboxylic acids is 2. The van der Waals surface area contributed by atoms with Crippen molar-refractivity contribution in [3.63, 3.8) is 0 Å². The molecule has 0 unspecified atom stereocenters. The summed E-state index contributed by atoms with van der Waals surface area (Å²) in [7, 11) is 1.64. The molecule has 4 heterocycles. The molecule has 2 aliphatic heterocycles. The van der Waals surface area contributed by atoms with Crippen molar-refractivity contribution in [1.29, 1.82) is 0 Å². The lowest BCUT2D eigenvalue weighted by atomic mass is 10.0. The van der Waals surface area contributed by atoms with Gasteiger partial charge in [0.05, 0.1) is 35.4 Å². The third kappa shape index (κ3) is 3.79. The molecule has 0 aliphatic carbocycles. The third-order valence-electron chi connectivity index (χ3n) is 7.18. The van der Waals surface area contributed by atoms with Crippen molar-refractivity contribution in [2.75, 3.05) is 20.2 Å². The number of aromatic nitrogens is 4. The molecule has 10 heteroatoms. The van der Waals surface area contributed by atoms with Gasteiger partial charge in [-0.25, -0.2) is 9.97 Å². The minimum Gasteiger partial charge on any atom is -0.491 e. The maximum atomic E-state index is 12.5. The number of aryl methyl sites for hydroxylation is 1. The van der Waals surface area contributed by atoms with E-state index in [1.807, 2.05) is 40.3 Å². The Balaban J connectivity index is 1.45. The van der Waals surface area contributed by atoms with Gasteiger partial charge in [0.2, 0.25) is 5.60 Å². The highest BCUT2D eigenvalue weighted by Crippen LogP contribution is 2.35. The summed E-state index contributed by atoms with van der Waals surface area (Å²) in [5.74, 6) is 6.62. The van der Waals surface area contributed by atoms with Gasteiger partial charge in [-0.1, -0.05) is 24.0 Å². The Morgan fingerprint density at radius 3 is 2.79 bits per heavy atom. The third-order valence-corrected chi connectivity index (χ3v) is 7.18. The van der Waals surface area contributed by atoms with E-state index in [9.17, 15) is 14.7 Å². The summed E-state index contributed by atoms with van der Waals surface area (Å²) in [5.41, 5.74) is 8.00. The van der Waals surface area contributed by atoms with Gasteiger partial charge in [-0.3, -0.25) is 9.59 Å². The Bertz CT molecular complexity index is 1690. The van der Waals surface area contributed by atoms with Gasteiger partial charge in [0.15, 0.2) is 5.69 Å². The Kier molecular flexibility index (Phi) is 5.47. The number of para-hydroxylation sites is 2. The first-order valence-corrected chi connectivity index (χ1v) is 12.3. The quantitative estimate of drug-likeness (QED) is 0.404. The van der Waals surface area contributed by atoms with Gasteiger partial charge < -0.3 is 29.6 Å². The zero-order valence-corrected chi connectivity index (χ0v) is 21.1. The van der Waals surface area contributed by atoms with E-state index in [0.717, 1.165) is 16.9 Å². The monoisotopic (exact) mass is 510 g/mol. The van der Waals surface area contributed by atoms with Gasteiger partial charge in [0, 0.05) is 25.6 Å². The summed E-state index contributed by atoms with van der Waals surface area (Å²) in [6.07, 6.45) is 0.251. The number of imidazole rings is 2. The van der Waals surface area contributed by atoms with Crippen molar-refractivity contribution in [3.8, 4) is 29.0 Å². The molecule has 2 aliphatic rings. The molecule has 38 heavy (non-hydrogen) atoms. The Labute approximate surface area is 218 Å². The largest absolute Gasteiger partial charge is 0.491 e. The lowest BCUT2D eigenvalue weighted by molar-refractivity contribution is -0.137. The molecule has 10 nitrogen and oxygen atoms in total. The average Bonchev–Trinajstić information content (AvgIpc) is 3.46. The van der Waals surface area contributed by atoms with Gasteiger partial charge in [0.1, 0.15) is 24.0 Å². The van der Waals surface area contributed by atoms with E-state index in [0.29, 0.717) is 54.6 Å². The maximum absolute atomic E-state index is 12.5. The number of hydrogen-bond donors (Lipinski definition) is 2. The number of amides is 2. The number of benzene rings is 2. The molecule has 3 N–H and O–H groups in total. The first kappa shape index (κ1) is 23.8. The zero-order valence-electron chi connectivity index (χ0n) is 21.1. The molecule has 1 fully saturated rings. The summed E-state index contributed by atoms with van der Waals surface area (Å²) < 4.78 is 10.0. The molecule has 192 valence electrons. The van der Waals surface area contributed by atoms with E-state index < -0.39 is 17.4 Å². The number of ether oxygens (including phenoxy) is 1. The SMILES string of the molecule is Cc1nc2ccccc2n1Cc1c(C(N)=O)nc2n1CCOc1ccc(C#C[C@]3(O)CCN(C)C3=O)cc1-2. The number of carbonyl (C=O) groups is 2.